The predicted octanol–water partition coefficient (Wildman–Crippen LogP) is 0.733. The molecule has 0 saturated heterocycles. The van der Waals surface area contributed by atoms with Gasteiger partial charge in [-0.15, -0.1) is 0 Å². The molecule has 2 heterocycles. The highest BCUT2D eigenvalue weighted by Crippen LogP contribution is 2.31. The molecule has 1 aliphatic heterocycles. The van der Waals surface area contributed by atoms with Crippen molar-refractivity contribution in [1.82, 2.24) is 15.7 Å². The van der Waals surface area contributed by atoms with Crippen LogP contribution in [0.4, 0.5) is 0 Å². The zero-order valence-electron chi connectivity index (χ0n) is 10.2. The lowest BCUT2D eigenvalue weighted by Gasteiger charge is -2.27. The molecule has 1 aliphatic rings. The molecule has 0 bridgehead atoms. The minimum Gasteiger partial charge on any atom is -0.357 e. The van der Waals surface area contributed by atoms with Gasteiger partial charge in [0, 0.05) is 22.6 Å². The molecule has 18 heavy (non-hydrogen) atoms. The molecule has 3 rings (SSSR count). The Kier molecular flexibility index (Phi) is 2.57. The summed E-state index contributed by atoms with van der Waals surface area (Å²) in [5.41, 5.74) is 5.71. The van der Waals surface area contributed by atoms with E-state index in [2.05, 4.69) is 27.9 Å². The second-order valence-corrected chi connectivity index (χ2v) is 4.72. The number of hydrazine groups is 1. The summed E-state index contributed by atoms with van der Waals surface area (Å²) in [6.45, 7) is 2.05. The maximum absolute atomic E-state index is 11.7. The van der Waals surface area contributed by atoms with Gasteiger partial charge in [-0.2, -0.15) is 0 Å². The summed E-state index contributed by atoms with van der Waals surface area (Å²) in [5.74, 6) is 5.04. The highest BCUT2D eigenvalue weighted by Gasteiger charge is 2.30. The molecule has 0 fully saturated rings. The van der Waals surface area contributed by atoms with Gasteiger partial charge in [-0.1, -0.05) is 18.2 Å². The van der Waals surface area contributed by atoms with Crippen LogP contribution in [0.1, 0.15) is 24.2 Å². The van der Waals surface area contributed by atoms with Crippen LogP contribution in [-0.2, 0) is 11.2 Å². The van der Waals surface area contributed by atoms with Crippen molar-refractivity contribution in [2.24, 2.45) is 5.84 Å². The van der Waals surface area contributed by atoms with Crippen LogP contribution < -0.4 is 16.6 Å². The van der Waals surface area contributed by atoms with Crippen LogP contribution in [0.25, 0.3) is 10.9 Å². The summed E-state index contributed by atoms with van der Waals surface area (Å²) in [4.78, 5) is 15.1. The van der Waals surface area contributed by atoms with E-state index in [1.54, 1.807) is 0 Å². The molecule has 2 aromatic rings. The fraction of sp³-hybridized carbons (Fsp3) is 0.308. The third kappa shape index (κ3) is 1.60. The molecule has 5 nitrogen and oxygen atoms in total. The van der Waals surface area contributed by atoms with Crippen LogP contribution in [0, 0.1) is 0 Å². The number of hydrogen-bond acceptors (Lipinski definition) is 3. The largest absolute Gasteiger partial charge is 0.357 e. The van der Waals surface area contributed by atoms with Crippen LogP contribution in [0.2, 0.25) is 0 Å². The normalized spacial score (nSPS) is 22.8. The summed E-state index contributed by atoms with van der Waals surface area (Å²) in [7, 11) is 0. The maximum atomic E-state index is 11.7. The Hall–Kier alpha value is -1.85. The second-order valence-electron chi connectivity index (χ2n) is 4.72. The lowest BCUT2D eigenvalue weighted by atomic mass is 9.94. The van der Waals surface area contributed by atoms with Gasteiger partial charge in [0.15, 0.2) is 0 Å². The number of aromatic nitrogens is 1. The summed E-state index contributed by atoms with van der Waals surface area (Å²) < 4.78 is 0. The summed E-state index contributed by atoms with van der Waals surface area (Å²) in [6.07, 6.45) is 0.659. The van der Waals surface area contributed by atoms with Gasteiger partial charge in [0.25, 0.3) is 5.91 Å². The number of nitrogens with two attached hydrogens (primary N) is 1. The van der Waals surface area contributed by atoms with Crippen molar-refractivity contribution in [3.05, 3.63) is 35.5 Å². The Morgan fingerprint density at radius 3 is 3.00 bits per heavy atom. The molecule has 0 unspecified atom stereocenters. The monoisotopic (exact) mass is 244 g/mol. The van der Waals surface area contributed by atoms with E-state index in [0.717, 1.165) is 11.2 Å². The Labute approximate surface area is 105 Å². The molecular formula is C13H16N4O. The van der Waals surface area contributed by atoms with Gasteiger partial charge in [0.1, 0.15) is 0 Å². The highest BCUT2D eigenvalue weighted by molar-refractivity contribution is 5.88. The van der Waals surface area contributed by atoms with Crippen molar-refractivity contribution < 1.29 is 4.79 Å². The number of carbonyl (C=O) groups is 1. The minimum absolute atomic E-state index is 0.114. The van der Waals surface area contributed by atoms with E-state index in [1.165, 1.54) is 10.9 Å². The standard InChI is InChI=1S/C13H16N4O/c1-7-12-9(6-11(15-7)13(18)17-14)8-4-2-3-5-10(8)16-12/h2-5,7,11,15-16H,6,14H2,1H3,(H,17,18)/t7-,11+/m0/s1. The number of amides is 1. The Morgan fingerprint density at radius 2 is 2.22 bits per heavy atom. The van der Waals surface area contributed by atoms with Crippen LogP contribution in [0.3, 0.4) is 0 Å². The number of aromatic amines is 1. The molecular weight excluding hydrogens is 228 g/mol. The zero-order chi connectivity index (χ0) is 12.7. The molecule has 94 valence electrons. The van der Waals surface area contributed by atoms with E-state index >= 15 is 0 Å². The van der Waals surface area contributed by atoms with Crippen molar-refractivity contribution in [2.75, 3.05) is 0 Å². The molecule has 0 spiro atoms. The summed E-state index contributed by atoms with van der Waals surface area (Å²) in [6, 6.07) is 8.01. The first-order valence-corrected chi connectivity index (χ1v) is 6.06. The molecule has 1 amide bonds. The highest BCUT2D eigenvalue weighted by atomic mass is 16.2. The first-order chi connectivity index (χ1) is 8.70. The Balaban J connectivity index is 2.09. The summed E-state index contributed by atoms with van der Waals surface area (Å²) in [5, 5.41) is 4.45. The minimum atomic E-state index is -0.267. The van der Waals surface area contributed by atoms with Crippen LogP contribution in [0.5, 0.6) is 0 Å². The number of benzene rings is 1. The SMILES string of the molecule is C[C@@H]1N[C@@H](C(=O)NN)Cc2c1[nH]c1ccccc21. The molecule has 0 aliphatic carbocycles. The van der Waals surface area contributed by atoms with Crippen molar-refractivity contribution in [1.29, 1.82) is 0 Å². The Bertz CT molecular complexity index is 604. The van der Waals surface area contributed by atoms with E-state index in [0.29, 0.717) is 6.42 Å². The van der Waals surface area contributed by atoms with E-state index < -0.39 is 0 Å². The van der Waals surface area contributed by atoms with Crippen LogP contribution >= 0.6 is 0 Å². The number of fused-ring (bicyclic) bond motifs is 3. The van der Waals surface area contributed by atoms with Gasteiger partial charge >= 0.3 is 0 Å². The van der Waals surface area contributed by atoms with Crippen molar-refractivity contribution in [3.8, 4) is 0 Å². The van der Waals surface area contributed by atoms with Crippen LogP contribution in [0.15, 0.2) is 24.3 Å². The molecule has 5 heteroatoms. The average molecular weight is 244 g/mol. The van der Waals surface area contributed by atoms with Crippen molar-refractivity contribution >= 4 is 16.8 Å². The van der Waals surface area contributed by atoms with E-state index in [4.69, 9.17) is 5.84 Å². The van der Waals surface area contributed by atoms with E-state index in [1.807, 2.05) is 19.1 Å². The Morgan fingerprint density at radius 1 is 1.44 bits per heavy atom. The molecule has 0 saturated carbocycles. The lowest BCUT2D eigenvalue weighted by Crippen LogP contribution is -2.50. The first kappa shape index (κ1) is 11.3. The van der Waals surface area contributed by atoms with Crippen molar-refractivity contribution in [2.45, 2.75) is 25.4 Å². The molecule has 0 radical (unpaired) electrons. The topological polar surface area (TPSA) is 82.9 Å². The second kappa shape index (κ2) is 4.12. The predicted molar refractivity (Wildman–Crippen MR) is 69.7 cm³/mol. The van der Waals surface area contributed by atoms with Gasteiger partial charge in [0.2, 0.25) is 0 Å². The van der Waals surface area contributed by atoms with Gasteiger partial charge in [-0.05, 0) is 25.0 Å². The van der Waals surface area contributed by atoms with Gasteiger partial charge in [-0.25, -0.2) is 5.84 Å². The van der Waals surface area contributed by atoms with Gasteiger partial charge in [0.05, 0.1) is 6.04 Å². The fourth-order valence-corrected chi connectivity index (χ4v) is 2.73. The number of nitrogens with one attached hydrogen (secondary N) is 3. The number of para-hydroxylation sites is 1. The molecule has 1 aromatic heterocycles. The third-order valence-corrected chi connectivity index (χ3v) is 3.60. The smallest absolute Gasteiger partial charge is 0.251 e. The van der Waals surface area contributed by atoms with Crippen molar-refractivity contribution in [3.63, 3.8) is 0 Å². The number of H-pyrrole nitrogens is 1. The molecule has 1 aromatic carbocycles. The quantitative estimate of drug-likeness (QED) is 0.339. The fourth-order valence-electron chi connectivity index (χ4n) is 2.73. The first-order valence-electron chi connectivity index (χ1n) is 6.06. The van der Waals surface area contributed by atoms with E-state index in [-0.39, 0.29) is 18.0 Å². The maximum Gasteiger partial charge on any atom is 0.251 e. The number of carbonyl (C=O) groups excluding carboxylic acids is 1. The summed E-state index contributed by atoms with van der Waals surface area (Å²) >= 11 is 0. The molecule has 2 atom stereocenters. The number of hydrogen-bond donors (Lipinski definition) is 4. The molecule has 5 N–H and O–H groups in total. The average Bonchev–Trinajstić information content (AvgIpc) is 2.77. The number of rotatable bonds is 1. The van der Waals surface area contributed by atoms with Crippen LogP contribution in [-0.4, -0.2) is 16.9 Å². The zero-order valence-corrected chi connectivity index (χ0v) is 10.2. The van der Waals surface area contributed by atoms with Gasteiger partial charge in [-0.3, -0.25) is 15.5 Å². The lowest BCUT2D eigenvalue weighted by molar-refractivity contribution is -0.123. The van der Waals surface area contributed by atoms with E-state index in [9.17, 15) is 4.79 Å². The van der Waals surface area contributed by atoms with Gasteiger partial charge < -0.3 is 4.98 Å². The third-order valence-electron chi connectivity index (χ3n) is 3.60.